The summed E-state index contributed by atoms with van der Waals surface area (Å²) in [5, 5.41) is 0.668. The average molecular weight is 285 g/mol. The normalized spacial score (nSPS) is 11.1. The first-order chi connectivity index (χ1) is 7.74. The van der Waals surface area contributed by atoms with E-state index >= 15 is 0 Å². The lowest BCUT2D eigenvalue weighted by atomic mass is 10.0. The Morgan fingerprint density at radius 1 is 1.38 bits per heavy atom. The van der Waals surface area contributed by atoms with E-state index in [0.717, 1.165) is 11.1 Å². The van der Waals surface area contributed by atoms with Gasteiger partial charge in [0, 0.05) is 5.33 Å². The molecule has 0 atom stereocenters. The minimum atomic E-state index is -0.407. The third kappa shape index (κ3) is 2.85. The molecule has 0 heterocycles. The van der Waals surface area contributed by atoms with Crippen molar-refractivity contribution in [3.05, 3.63) is 41.7 Å². The quantitative estimate of drug-likeness (QED) is 0.369. The van der Waals surface area contributed by atoms with Gasteiger partial charge in [-0.1, -0.05) is 40.2 Å². The smallest absolute Gasteiger partial charge is 0.341 e. The van der Waals surface area contributed by atoms with Crippen LogP contribution in [0.4, 0.5) is 0 Å². The maximum atomic E-state index is 11.6. The van der Waals surface area contributed by atoms with Crippen LogP contribution in [0.3, 0.4) is 0 Å². The van der Waals surface area contributed by atoms with Crippen LogP contribution >= 0.6 is 15.9 Å². The van der Waals surface area contributed by atoms with Crippen molar-refractivity contribution in [2.45, 2.75) is 5.33 Å². The molecule has 1 aromatic carbocycles. The molecule has 4 heteroatoms. The Balaban J connectivity index is 3.21. The Morgan fingerprint density at radius 2 is 2.06 bits per heavy atom. The number of hydrogen-bond donors (Lipinski definition) is 0. The Bertz CT molecular complexity index is 399. The predicted molar refractivity (Wildman–Crippen MR) is 66.1 cm³/mol. The van der Waals surface area contributed by atoms with Crippen molar-refractivity contribution in [1.29, 1.82) is 0 Å². The summed E-state index contributed by atoms with van der Waals surface area (Å²) in [7, 11) is 2.85. The number of alkyl halides is 1. The minimum Gasteiger partial charge on any atom is -0.503 e. The van der Waals surface area contributed by atoms with Crippen LogP contribution in [0.5, 0.6) is 0 Å². The number of hydrogen-bond acceptors (Lipinski definition) is 3. The van der Waals surface area contributed by atoms with Crippen molar-refractivity contribution in [2.24, 2.45) is 0 Å². The van der Waals surface area contributed by atoms with Crippen molar-refractivity contribution in [2.75, 3.05) is 14.2 Å². The lowest BCUT2D eigenvalue weighted by Crippen LogP contribution is -2.06. The summed E-state index contributed by atoms with van der Waals surface area (Å²) in [4.78, 5) is 11.6. The van der Waals surface area contributed by atoms with Crippen molar-refractivity contribution in [1.82, 2.24) is 0 Å². The topological polar surface area (TPSA) is 35.5 Å². The van der Waals surface area contributed by atoms with Gasteiger partial charge in [-0.15, -0.1) is 0 Å². The van der Waals surface area contributed by atoms with Crippen molar-refractivity contribution in [3.63, 3.8) is 0 Å². The number of carbonyl (C=O) groups is 1. The molecular formula is C12H13BrO3. The maximum Gasteiger partial charge on any atom is 0.341 e. The Morgan fingerprint density at radius 3 is 2.62 bits per heavy atom. The van der Waals surface area contributed by atoms with Crippen LogP contribution < -0.4 is 0 Å². The summed E-state index contributed by atoms with van der Waals surface area (Å²) in [6, 6.07) is 7.59. The second-order valence-electron chi connectivity index (χ2n) is 3.05. The molecule has 16 heavy (non-hydrogen) atoms. The molecule has 0 aliphatic rings. The van der Waals surface area contributed by atoms with E-state index in [2.05, 4.69) is 15.9 Å². The zero-order chi connectivity index (χ0) is 12.0. The fourth-order valence-corrected chi connectivity index (χ4v) is 1.84. The molecule has 0 aliphatic carbocycles. The van der Waals surface area contributed by atoms with Crippen LogP contribution in [0.15, 0.2) is 30.5 Å². The van der Waals surface area contributed by atoms with E-state index < -0.39 is 5.97 Å². The third-order valence-corrected chi connectivity index (χ3v) is 2.70. The van der Waals surface area contributed by atoms with Gasteiger partial charge in [-0.05, 0) is 11.1 Å². The summed E-state index contributed by atoms with van der Waals surface area (Å²) >= 11 is 3.38. The van der Waals surface area contributed by atoms with E-state index in [1.807, 2.05) is 24.3 Å². The molecule has 1 rings (SSSR count). The minimum absolute atomic E-state index is 0.407. The van der Waals surface area contributed by atoms with Crippen LogP contribution in [0, 0.1) is 0 Å². The molecule has 0 aromatic heterocycles. The molecule has 0 amide bonds. The van der Waals surface area contributed by atoms with Gasteiger partial charge in [0.2, 0.25) is 0 Å². The standard InChI is InChI=1S/C12H13BrO3/c1-15-8-11(12(14)16-2)10-6-4-3-5-9(10)7-13/h3-6,8H,7H2,1-2H3. The highest BCUT2D eigenvalue weighted by atomic mass is 79.9. The number of methoxy groups -OCH3 is 2. The molecule has 0 spiro atoms. The van der Waals surface area contributed by atoms with Gasteiger partial charge in [-0.3, -0.25) is 0 Å². The monoisotopic (exact) mass is 284 g/mol. The second kappa shape index (κ2) is 6.33. The molecule has 0 radical (unpaired) electrons. The summed E-state index contributed by atoms with van der Waals surface area (Å²) in [5.41, 5.74) is 2.24. The summed E-state index contributed by atoms with van der Waals surface area (Å²) in [6.45, 7) is 0. The zero-order valence-electron chi connectivity index (χ0n) is 9.20. The Hall–Kier alpha value is -1.29. The molecule has 3 nitrogen and oxygen atoms in total. The molecule has 86 valence electrons. The summed E-state index contributed by atoms with van der Waals surface area (Å²) in [6.07, 6.45) is 1.40. The fourth-order valence-electron chi connectivity index (χ4n) is 1.35. The van der Waals surface area contributed by atoms with Crippen LogP contribution in [-0.2, 0) is 19.6 Å². The van der Waals surface area contributed by atoms with Gasteiger partial charge in [0.05, 0.1) is 20.5 Å². The molecule has 0 bridgehead atoms. The highest BCUT2D eigenvalue weighted by Crippen LogP contribution is 2.22. The highest BCUT2D eigenvalue weighted by Gasteiger charge is 2.15. The van der Waals surface area contributed by atoms with Crippen LogP contribution in [0.25, 0.3) is 5.57 Å². The van der Waals surface area contributed by atoms with E-state index in [0.29, 0.717) is 10.9 Å². The third-order valence-electron chi connectivity index (χ3n) is 2.09. The first-order valence-corrected chi connectivity index (χ1v) is 5.82. The molecule has 0 fully saturated rings. The predicted octanol–water partition coefficient (Wildman–Crippen LogP) is 2.74. The van der Waals surface area contributed by atoms with Gasteiger partial charge >= 0.3 is 5.97 Å². The molecule has 0 saturated carbocycles. The Kier molecular flexibility index (Phi) is 5.05. The van der Waals surface area contributed by atoms with E-state index in [9.17, 15) is 4.79 Å². The fraction of sp³-hybridized carbons (Fsp3) is 0.250. The Labute approximate surface area is 103 Å². The molecule has 1 aromatic rings. The maximum absolute atomic E-state index is 11.6. The molecule has 0 aliphatic heterocycles. The van der Waals surface area contributed by atoms with Crippen molar-refractivity contribution < 1.29 is 14.3 Å². The molecular weight excluding hydrogens is 272 g/mol. The van der Waals surface area contributed by atoms with E-state index in [-0.39, 0.29) is 0 Å². The molecule has 0 saturated heterocycles. The first kappa shape index (κ1) is 12.8. The van der Waals surface area contributed by atoms with Gasteiger partial charge in [-0.2, -0.15) is 0 Å². The van der Waals surface area contributed by atoms with E-state index in [4.69, 9.17) is 9.47 Å². The zero-order valence-corrected chi connectivity index (χ0v) is 10.8. The second-order valence-corrected chi connectivity index (χ2v) is 3.61. The number of halogens is 1. The SMILES string of the molecule is COC=C(C(=O)OC)c1ccccc1CBr. The van der Waals surface area contributed by atoms with E-state index in [1.165, 1.54) is 20.5 Å². The van der Waals surface area contributed by atoms with Crippen LogP contribution in [0.2, 0.25) is 0 Å². The van der Waals surface area contributed by atoms with Gasteiger partial charge in [0.1, 0.15) is 5.57 Å². The first-order valence-electron chi connectivity index (χ1n) is 4.70. The van der Waals surface area contributed by atoms with Gasteiger partial charge in [0.15, 0.2) is 0 Å². The number of carbonyl (C=O) groups excluding carboxylic acids is 1. The van der Waals surface area contributed by atoms with Gasteiger partial charge in [0.25, 0.3) is 0 Å². The lowest BCUT2D eigenvalue weighted by molar-refractivity contribution is -0.133. The largest absolute Gasteiger partial charge is 0.503 e. The number of ether oxygens (including phenoxy) is 2. The van der Waals surface area contributed by atoms with Crippen LogP contribution in [-0.4, -0.2) is 20.2 Å². The van der Waals surface area contributed by atoms with Gasteiger partial charge in [-0.25, -0.2) is 4.79 Å². The van der Waals surface area contributed by atoms with Gasteiger partial charge < -0.3 is 9.47 Å². The highest BCUT2D eigenvalue weighted by molar-refractivity contribution is 9.08. The van der Waals surface area contributed by atoms with E-state index in [1.54, 1.807) is 0 Å². The lowest BCUT2D eigenvalue weighted by Gasteiger charge is -2.09. The summed E-state index contributed by atoms with van der Waals surface area (Å²) in [5.74, 6) is -0.407. The average Bonchev–Trinajstić information content (AvgIpc) is 2.35. The van der Waals surface area contributed by atoms with Crippen molar-refractivity contribution >= 4 is 27.5 Å². The number of esters is 1. The van der Waals surface area contributed by atoms with Crippen molar-refractivity contribution in [3.8, 4) is 0 Å². The molecule has 0 N–H and O–H groups in total. The summed E-state index contributed by atoms with van der Waals surface area (Å²) < 4.78 is 9.62. The van der Waals surface area contributed by atoms with Crippen LogP contribution in [0.1, 0.15) is 11.1 Å². The molecule has 0 unspecified atom stereocenters. The number of rotatable bonds is 4. The number of benzene rings is 1.